The third kappa shape index (κ3) is 3.34. The fourth-order valence-electron chi connectivity index (χ4n) is 0.342. The number of rotatable bonds is 4. The van der Waals surface area contributed by atoms with Crippen LogP contribution in [0.3, 0.4) is 0 Å². The SMILES string of the molecule is C=C[CH][13C](=O)CC=C. The summed E-state index contributed by atoms with van der Waals surface area (Å²) in [7, 11) is 0. The van der Waals surface area contributed by atoms with Crippen molar-refractivity contribution in [3.63, 3.8) is 0 Å². The lowest BCUT2D eigenvalue weighted by atomic mass is 10.4. The van der Waals surface area contributed by atoms with E-state index in [9.17, 15) is 4.79 Å². The van der Waals surface area contributed by atoms with Crippen molar-refractivity contribution in [2.24, 2.45) is 0 Å². The molecule has 0 rings (SSSR count). The van der Waals surface area contributed by atoms with Crippen LogP contribution in [-0.4, -0.2) is 5.78 Å². The number of carbonyl (C=O) groups excluding carboxylic acids is 1. The summed E-state index contributed by atoms with van der Waals surface area (Å²) in [6, 6.07) is 0. The molecule has 0 aliphatic heterocycles. The Hall–Kier alpha value is -0.850. The zero-order chi connectivity index (χ0) is 6.41. The summed E-state index contributed by atoms with van der Waals surface area (Å²) in [6.45, 7) is 6.78. The maximum atomic E-state index is 10.4. The van der Waals surface area contributed by atoms with Gasteiger partial charge in [-0.3, -0.25) is 4.79 Å². The minimum atomic E-state index is 0.0509. The van der Waals surface area contributed by atoms with E-state index in [2.05, 4.69) is 13.2 Å². The molecule has 0 saturated heterocycles. The van der Waals surface area contributed by atoms with Crippen LogP contribution in [0.15, 0.2) is 25.3 Å². The van der Waals surface area contributed by atoms with Crippen LogP contribution in [0.1, 0.15) is 6.42 Å². The summed E-state index contributed by atoms with van der Waals surface area (Å²) < 4.78 is 0. The standard InChI is InChI=1S/C7H9O/c1-3-5-7(8)6-4-2/h3-5H,1-2,6H2/i7+1. The molecular weight excluding hydrogens is 101 g/mol. The molecule has 0 aromatic heterocycles. The van der Waals surface area contributed by atoms with Crippen molar-refractivity contribution in [3.05, 3.63) is 31.7 Å². The van der Waals surface area contributed by atoms with Crippen LogP contribution in [0.4, 0.5) is 0 Å². The van der Waals surface area contributed by atoms with Crippen LogP contribution in [0, 0.1) is 6.42 Å². The molecule has 1 radical (unpaired) electrons. The maximum absolute atomic E-state index is 10.4. The van der Waals surface area contributed by atoms with E-state index in [1.54, 1.807) is 6.08 Å². The van der Waals surface area contributed by atoms with Crippen LogP contribution in [0.2, 0.25) is 0 Å². The van der Waals surface area contributed by atoms with Crippen molar-refractivity contribution in [1.82, 2.24) is 0 Å². The van der Waals surface area contributed by atoms with Crippen molar-refractivity contribution < 1.29 is 4.79 Å². The molecule has 0 bridgehead atoms. The van der Waals surface area contributed by atoms with Gasteiger partial charge < -0.3 is 0 Å². The third-order valence-electron chi connectivity index (χ3n) is 0.649. The van der Waals surface area contributed by atoms with Crippen LogP contribution < -0.4 is 0 Å². The zero-order valence-electron chi connectivity index (χ0n) is 4.76. The van der Waals surface area contributed by atoms with Gasteiger partial charge in [0.25, 0.3) is 0 Å². The lowest BCUT2D eigenvalue weighted by molar-refractivity contribution is -0.114. The Labute approximate surface area is 49.7 Å². The van der Waals surface area contributed by atoms with Gasteiger partial charge in [-0.15, -0.1) is 13.2 Å². The van der Waals surface area contributed by atoms with E-state index in [1.165, 1.54) is 12.5 Å². The van der Waals surface area contributed by atoms with Gasteiger partial charge in [-0.25, -0.2) is 0 Å². The van der Waals surface area contributed by atoms with Crippen molar-refractivity contribution in [2.75, 3.05) is 0 Å². The average Bonchev–Trinajstić information content (AvgIpc) is 1.68. The number of hydrogen-bond donors (Lipinski definition) is 0. The van der Waals surface area contributed by atoms with Gasteiger partial charge in [-0.2, -0.15) is 0 Å². The molecule has 0 heterocycles. The molecule has 8 heavy (non-hydrogen) atoms. The Bertz CT molecular complexity index is 91.0. The lowest BCUT2D eigenvalue weighted by Crippen LogP contribution is -1.91. The summed E-state index contributed by atoms with van der Waals surface area (Å²) >= 11 is 0. The summed E-state index contributed by atoms with van der Waals surface area (Å²) in [4.78, 5) is 10.4. The quantitative estimate of drug-likeness (QED) is 0.396. The smallest absolute Gasteiger partial charge is 0.144 e. The average molecular weight is 110 g/mol. The van der Waals surface area contributed by atoms with Gasteiger partial charge in [0, 0.05) is 12.8 Å². The highest BCUT2D eigenvalue weighted by molar-refractivity contribution is 5.89. The fraction of sp³-hybridized carbons (Fsp3) is 0.143. The largest absolute Gasteiger partial charge is 0.299 e. The van der Waals surface area contributed by atoms with Gasteiger partial charge >= 0.3 is 0 Å². The molecule has 0 aliphatic carbocycles. The predicted octanol–water partition coefficient (Wildman–Crippen LogP) is 1.52. The first-order chi connectivity index (χ1) is 3.81. The molecule has 0 amide bonds. The minimum Gasteiger partial charge on any atom is -0.299 e. The van der Waals surface area contributed by atoms with Gasteiger partial charge in [0.15, 0.2) is 0 Å². The molecule has 0 aromatic rings. The van der Waals surface area contributed by atoms with Crippen LogP contribution in [-0.2, 0) is 4.79 Å². The number of Topliss-reactive ketones (excluding diaryl/α,β-unsaturated/α-hetero) is 1. The van der Waals surface area contributed by atoms with E-state index in [0.29, 0.717) is 6.42 Å². The first-order valence-corrected chi connectivity index (χ1v) is 2.40. The summed E-state index contributed by atoms with van der Waals surface area (Å²) in [6.07, 6.45) is 4.89. The Balaban J connectivity index is 3.32. The van der Waals surface area contributed by atoms with Crippen LogP contribution in [0.5, 0.6) is 0 Å². The van der Waals surface area contributed by atoms with E-state index in [4.69, 9.17) is 0 Å². The number of carbonyl (C=O) groups is 1. The topological polar surface area (TPSA) is 17.1 Å². The number of ketones is 1. The molecule has 0 spiro atoms. The second-order valence-electron chi connectivity index (χ2n) is 1.36. The van der Waals surface area contributed by atoms with Crippen molar-refractivity contribution >= 4 is 5.78 Å². The Morgan fingerprint density at radius 3 is 2.50 bits per heavy atom. The molecule has 0 N–H and O–H groups in total. The molecular formula is C7H9O. The van der Waals surface area contributed by atoms with E-state index >= 15 is 0 Å². The zero-order valence-corrected chi connectivity index (χ0v) is 4.76. The van der Waals surface area contributed by atoms with Crippen molar-refractivity contribution in [2.45, 2.75) is 6.42 Å². The van der Waals surface area contributed by atoms with Gasteiger partial charge in [0.05, 0.1) is 0 Å². The number of hydrogen-bond acceptors (Lipinski definition) is 1. The third-order valence-corrected chi connectivity index (χ3v) is 0.649. The van der Waals surface area contributed by atoms with Gasteiger partial charge in [0.1, 0.15) is 5.78 Å². The summed E-state index contributed by atoms with van der Waals surface area (Å²) in [5, 5.41) is 0. The first kappa shape index (κ1) is 7.15. The maximum Gasteiger partial charge on any atom is 0.144 e. The molecule has 0 saturated carbocycles. The van der Waals surface area contributed by atoms with Gasteiger partial charge in [-0.05, 0) is 0 Å². The van der Waals surface area contributed by atoms with Gasteiger partial charge in [0.2, 0.25) is 0 Å². The summed E-state index contributed by atoms with van der Waals surface area (Å²) in [5.41, 5.74) is 0. The molecule has 0 unspecified atom stereocenters. The van der Waals surface area contributed by atoms with E-state index in [1.807, 2.05) is 0 Å². The summed E-state index contributed by atoms with van der Waals surface area (Å²) in [5.74, 6) is 0.0509. The normalized spacial score (nSPS) is 8.00. The highest BCUT2D eigenvalue weighted by Crippen LogP contribution is 1.87. The predicted molar refractivity (Wildman–Crippen MR) is 34.3 cm³/mol. The van der Waals surface area contributed by atoms with E-state index < -0.39 is 0 Å². The Morgan fingerprint density at radius 2 is 2.12 bits per heavy atom. The molecule has 0 aromatic carbocycles. The molecule has 1 heteroatoms. The molecule has 0 aliphatic rings. The fourth-order valence-corrected chi connectivity index (χ4v) is 0.342. The van der Waals surface area contributed by atoms with E-state index in [0.717, 1.165) is 0 Å². The second-order valence-corrected chi connectivity index (χ2v) is 1.36. The number of allylic oxidation sites excluding steroid dienone is 2. The highest BCUT2D eigenvalue weighted by atomic mass is 16.2. The second kappa shape index (κ2) is 4.31. The Kier molecular flexibility index (Phi) is 3.85. The molecule has 43 valence electrons. The van der Waals surface area contributed by atoms with Crippen molar-refractivity contribution in [3.8, 4) is 0 Å². The molecule has 1 nitrogen and oxygen atoms in total. The van der Waals surface area contributed by atoms with Crippen LogP contribution in [0.25, 0.3) is 0 Å². The molecule has 0 fully saturated rings. The van der Waals surface area contributed by atoms with E-state index in [-0.39, 0.29) is 5.78 Å². The minimum absolute atomic E-state index is 0.0509. The first-order valence-electron chi connectivity index (χ1n) is 2.40. The van der Waals surface area contributed by atoms with Gasteiger partial charge in [-0.1, -0.05) is 12.2 Å². The Morgan fingerprint density at radius 1 is 1.50 bits per heavy atom. The van der Waals surface area contributed by atoms with Crippen LogP contribution >= 0.6 is 0 Å². The van der Waals surface area contributed by atoms with Crippen molar-refractivity contribution in [1.29, 1.82) is 0 Å². The highest BCUT2D eigenvalue weighted by Gasteiger charge is 1.91. The lowest BCUT2D eigenvalue weighted by Gasteiger charge is -1.84. The molecule has 0 atom stereocenters. The monoisotopic (exact) mass is 110 g/mol.